The van der Waals surface area contributed by atoms with E-state index in [0.29, 0.717) is 11.6 Å². The Morgan fingerprint density at radius 1 is 1.47 bits per heavy atom. The molecule has 0 bridgehead atoms. The van der Waals surface area contributed by atoms with Crippen molar-refractivity contribution in [3.63, 3.8) is 0 Å². The molecule has 106 valence electrons. The first kappa shape index (κ1) is 13.5. The quantitative estimate of drug-likeness (QED) is 0.922. The summed E-state index contributed by atoms with van der Waals surface area (Å²) in [4.78, 5) is 7.26. The van der Waals surface area contributed by atoms with Crippen molar-refractivity contribution in [1.82, 2.24) is 15.2 Å². The Labute approximate surface area is 120 Å². The van der Waals surface area contributed by atoms with Crippen LogP contribution >= 0.6 is 11.3 Å². The van der Waals surface area contributed by atoms with Crippen molar-refractivity contribution >= 4 is 11.3 Å². The second-order valence-corrected chi connectivity index (χ2v) is 7.36. The first-order valence-electron chi connectivity index (χ1n) is 7.57. The maximum atomic E-state index is 4.59. The lowest BCUT2D eigenvalue weighted by molar-refractivity contribution is 0.0901. The summed E-state index contributed by atoms with van der Waals surface area (Å²) in [6.07, 6.45) is 6.64. The molecule has 3 rings (SSSR count). The van der Waals surface area contributed by atoms with E-state index >= 15 is 0 Å². The van der Waals surface area contributed by atoms with E-state index in [9.17, 15) is 0 Å². The zero-order valence-corrected chi connectivity index (χ0v) is 12.9. The smallest absolute Gasteiger partial charge is 0.0897 e. The van der Waals surface area contributed by atoms with Crippen LogP contribution in [0.2, 0.25) is 0 Å². The molecule has 1 unspecified atom stereocenters. The number of hydrogen-bond acceptors (Lipinski definition) is 4. The van der Waals surface area contributed by atoms with Crippen LogP contribution in [0.5, 0.6) is 0 Å². The summed E-state index contributed by atoms with van der Waals surface area (Å²) >= 11 is 1.77. The highest BCUT2D eigenvalue weighted by Crippen LogP contribution is 2.33. The summed E-state index contributed by atoms with van der Waals surface area (Å²) < 4.78 is 0. The highest BCUT2D eigenvalue weighted by atomic mass is 32.1. The molecule has 1 aromatic rings. The zero-order chi connectivity index (χ0) is 13.3. The van der Waals surface area contributed by atoms with Crippen molar-refractivity contribution in [3.8, 4) is 0 Å². The van der Waals surface area contributed by atoms with Crippen LogP contribution in [0.1, 0.15) is 43.3 Å². The van der Waals surface area contributed by atoms with Crippen LogP contribution < -0.4 is 5.32 Å². The van der Waals surface area contributed by atoms with Gasteiger partial charge in [-0.1, -0.05) is 12.8 Å². The monoisotopic (exact) mass is 279 g/mol. The fraction of sp³-hybridized carbons (Fsp3) is 0.800. The predicted molar refractivity (Wildman–Crippen MR) is 80.8 cm³/mol. The summed E-state index contributed by atoms with van der Waals surface area (Å²) in [5.74, 6) is 0. The Morgan fingerprint density at radius 3 is 2.95 bits per heavy atom. The van der Waals surface area contributed by atoms with Gasteiger partial charge in [-0.3, -0.25) is 4.90 Å². The van der Waals surface area contributed by atoms with Crippen LogP contribution in [0.15, 0.2) is 5.38 Å². The SMILES string of the molecule is Cc1nc(CCN2CC3(CCCC3)NCC2C)cs1. The summed E-state index contributed by atoms with van der Waals surface area (Å²) in [5.41, 5.74) is 1.71. The Morgan fingerprint density at radius 2 is 2.26 bits per heavy atom. The lowest BCUT2D eigenvalue weighted by atomic mass is 9.92. The van der Waals surface area contributed by atoms with Crippen molar-refractivity contribution in [2.75, 3.05) is 19.6 Å². The molecule has 4 heteroatoms. The van der Waals surface area contributed by atoms with Crippen LogP contribution in [0.25, 0.3) is 0 Å². The van der Waals surface area contributed by atoms with E-state index in [1.165, 1.54) is 42.9 Å². The molecule has 3 nitrogen and oxygen atoms in total. The van der Waals surface area contributed by atoms with Crippen molar-refractivity contribution in [2.24, 2.45) is 0 Å². The van der Waals surface area contributed by atoms with Crippen LogP contribution in [0.3, 0.4) is 0 Å². The molecule has 1 aliphatic carbocycles. The van der Waals surface area contributed by atoms with Gasteiger partial charge in [0.2, 0.25) is 0 Å². The number of nitrogens with zero attached hydrogens (tertiary/aromatic N) is 2. The number of aromatic nitrogens is 1. The summed E-state index contributed by atoms with van der Waals surface area (Å²) in [6, 6.07) is 0.658. The van der Waals surface area contributed by atoms with E-state index in [1.807, 2.05) is 0 Å². The van der Waals surface area contributed by atoms with Gasteiger partial charge in [-0.05, 0) is 26.7 Å². The van der Waals surface area contributed by atoms with Gasteiger partial charge in [0.1, 0.15) is 0 Å². The Kier molecular flexibility index (Phi) is 3.92. The number of piperazine rings is 1. The van der Waals surface area contributed by atoms with Gasteiger partial charge in [0, 0.05) is 43.0 Å². The van der Waals surface area contributed by atoms with Crippen LogP contribution in [0, 0.1) is 6.92 Å². The number of rotatable bonds is 3. The van der Waals surface area contributed by atoms with Crippen molar-refractivity contribution in [3.05, 3.63) is 16.1 Å². The second kappa shape index (κ2) is 5.51. The highest BCUT2D eigenvalue weighted by molar-refractivity contribution is 7.09. The molecular weight excluding hydrogens is 254 g/mol. The van der Waals surface area contributed by atoms with Gasteiger partial charge >= 0.3 is 0 Å². The number of thiazole rings is 1. The molecule has 1 aliphatic heterocycles. The third-order valence-electron chi connectivity index (χ3n) is 4.78. The molecule has 1 N–H and O–H groups in total. The highest BCUT2D eigenvalue weighted by Gasteiger charge is 2.39. The first-order valence-corrected chi connectivity index (χ1v) is 8.45. The number of nitrogens with one attached hydrogen (secondary N) is 1. The molecule has 1 saturated heterocycles. The molecule has 0 radical (unpaired) electrons. The average Bonchev–Trinajstić information content (AvgIpc) is 3.01. The maximum Gasteiger partial charge on any atom is 0.0897 e. The van der Waals surface area contributed by atoms with Gasteiger partial charge in [-0.25, -0.2) is 4.98 Å². The van der Waals surface area contributed by atoms with Gasteiger partial charge in [-0.2, -0.15) is 0 Å². The fourth-order valence-electron chi connectivity index (χ4n) is 3.56. The normalized spacial score (nSPS) is 27.2. The molecule has 2 heterocycles. The summed E-state index contributed by atoms with van der Waals surface area (Å²) in [7, 11) is 0. The van der Waals surface area contributed by atoms with E-state index in [4.69, 9.17) is 0 Å². The molecule has 0 aromatic carbocycles. The van der Waals surface area contributed by atoms with E-state index in [2.05, 4.69) is 34.4 Å². The van der Waals surface area contributed by atoms with Crippen LogP contribution in [-0.4, -0.2) is 41.1 Å². The Hall–Kier alpha value is -0.450. The van der Waals surface area contributed by atoms with Gasteiger partial charge < -0.3 is 5.32 Å². The first-order chi connectivity index (χ1) is 9.17. The minimum Gasteiger partial charge on any atom is -0.308 e. The van der Waals surface area contributed by atoms with E-state index in [-0.39, 0.29) is 0 Å². The molecule has 19 heavy (non-hydrogen) atoms. The van der Waals surface area contributed by atoms with Crippen molar-refractivity contribution < 1.29 is 0 Å². The fourth-order valence-corrected chi connectivity index (χ4v) is 4.21. The lowest BCUT2D eigenvalue weighted by Crippen LogP contribution is -2.62. The minimum absolute atomic E-state index is 0.435. The third-order valence-corrected chi connectivity index (χ3v) is 5.61. The Bertz CT molecular complexity index is 423. The van der Waals surface area contributed by atoms with E-state index in [1.54, 1.807) is 11.3 Å². The number of aryl methyl sites for hydroxylation is 1. The standard InChI is InChI=1S/C15H25N3S/c1-12-9-16-15(6-3-4-7-15)11-18(12)8-5-14-10-19-13(2)17-14/h10,12,16H,3-9,11H2,1-2H3. The second-order valence-electron chi connectivity index (χ2n) is 6.30. The van der Waals surface area contributed by atoms with Gasteiger partial charge in [0.05, 0.1) is 10.7 Å². The molecule has 1 saturated carbocycles. The molecule has 1 atom stereocenters. The van der Waals surface area contributed by atoms with Gasteiger partial charge in [0.15, 0.2) is 0 Å². The molecule has 1 spiro atoms. The molecule has 2 fully saturated rings. The molecule has 0 amide bonds. The van der Waals surface area contributed by atoms with Gasteiger partial charge in [0.25, 0.3) is 0 Å². The van der Waals surface area contributed by atoms with Gasteiger partial charge in [-0.15, -0.1) is 11.3 Å². The van der Waals surface area contributed by atoms with E-state index in [0.717, 1.165) is 19.5 Å². The topological polar surface area (TPSA) is 28.2 Å². The minimum atomic E-state index is 0.435. The third kappa shape index (κ3) is 3.01. The maximum absolute atomic E-state index is 4.59. The summed E-state index contributed by atoms with van der Waals surface area (Å²) in [5, 5.41) is 7.23. The molecular formula is C15H25N3S. The summed E-state index contributed by atoms with van der Waals surface area (Å²) in [6.45, 7) is 7.98. The lowest BCUT2D eigenvalue weighted by Gasteiger charge is -2.45. The Balaban J connectivity index is 1.59. The van der Waals surface area contributed by atoms with E-state index < -0.39 is 0 Å². The average molecular weight is 279 g/mol. The van der Waals surface area contributed by atoms with Crippen molar-refractivity contribution in [2.45, 2.75) is 57.5 Å². The molecule has 1 aromatic heterocycles. The van der Waals surface area contributed by atoms with Crippen LogP contribution in [-0.2, 0) is 6.42 Å². The van der Waals surface area contributed by atoms with Crippen LogP contribution in [0.4, 0.5) is 0 Å². The zero-order valence-electron chi connectivity index (χ0n) is 12.1. The van der Waals surface area contributed by atoms with Crippen molar-refractivity contribution in [1.29, 1.82) is 0 Å². The molecule has 2 aliphatic rings. The number of hydrogen-bond donors (Lipinski definition) is 1. The predicted octanol–water partition coefficient (Wildman–Crippen LogP) is 2.60. The largest absolute Gasteiger partial charge is 0.308 e.